The number of benzene rings is 1. The number of aryl methyl sites for hydroxylation is 1. The van der Waals surface area contributed by atoms with E-state index in [1.54, 1.807) is 19.5 Å². The van der Waals surface area contributed by atoms with E-state index in [0.717, 1.165) is 44.7 Å². The molecule has 0 spiro atoms. The van der Waals surface area contributed by atoms with Gasteiger partial charge in [-0.1, -0.05) is 30.3 Å². The monoisotopic (exact) mass is 327 g/mol. The molecule has 1 aromatic heterocycles. The van der Waals surface area contributed by atoms with E-state index in [9.17, 15) is 5.11 Å². The van der Waals surface area contributed by atoms with Gasteiger partial charge in [0.05, 0.1) is 25.6 Å². The van der Waals surface area contributed by atoms with Crippen LogP contribution >= 0.6 is 0 Å². The number of anilines is 1. The van der Waals surface area contributed by atoms with Gasteiger partial charge in [0.15, 0.2) is 5.75 Å². The lowest BCUT2D eigenvalue weighted by Crippen LogP contribution is -2.38. The predicted octanol–water partition coefficient (Wildman–Crippen LogP) is 2.70. The number of aliphatic hydroxyl groups is 1. The number of ether oxygens (including phenoxy) is 1. The summed E-state index contributed by atoms with van der Waals surface area (Å²) in [6.45, 7) is 1.78. The van der Waals surface area contributed by atoms with Gasteiger partial charge in [-0.25, -0.2) is 9.97 Å². The van der Waals surface area contributed by atoms with Crippen molar-refractivity contribution < 1.29 is 9.84 Å². The molecular weight excluding hydrogens is 302 g/mol. The fourth-order valence-corrected chi connectivity index (χ4v) is 3.26. The van der Waals surface area contributed by atoms with Gasteiger partial charge in [0.25, 0.3) is 0 Å². The Balaban J connectivity index is 1.47. The third-order valence-electron chi connectivity index (χ3n) is 4.79. The molecule has 24 heavy (non-hydrogen) atoms. The molecule has 5 heteroatoms. The molecule has 2 aromatic rings. The lowest BCUT2D eigenvalue weighted by atomic mass is 9.88. The molecule has 1 saturated heterocycles. The van der Waals surface area contributed by atoms with Crippen LogP contribution in [0.1, 0.15) is 24.8 Å². The van der Waals surface area contributed by atoms with E-state index in [1.807, 2.05) is 6.07 Å². The van der Waals surface area contributed by atoms with Crippen molar-refractivity contribution >= 4 is 5.95 Å². The van der Waals surface area contributed by atoms with Crippen LogP contribution in [0.15, 0.2) is 42.7 Å². The molecular formula is C19H25N3O2. The second-order valence-electron chi connectivity index (χ2n) is 6.34. The summed E-state index contributed by atoms with van der Waals surface area (Å²) in [7, 11) is 1.61. The van der Waals surface area contributed by atoms with Crippen molar-refractivity contribution in [3.05, 3.63) is 48.3 Å². The van der Waals surface area contributed by atoms with Crippen LogP contribution in [0.5, 0.6) is 5.75 Å². The largest absolute Gasteiger partial charge is 0.494 e. The summed E-state index contributed by atoms with van der Waals surface area (Å²) < 4.78 is 5.09. The molecule has 1 aliphatic heterocycles. The molecule has 1 unspecified atom stereocenters. The van der Waals surface area contributed by atoms with Gasteiger partial charge in [-0.05, 0) is 37.2 Å². The van der Waals surface area contributed by atoms with Gasteiger partial charge in [0.2, 0.25) is 5.95 Å². The fraction of sp³-hybridized carbons (Fsp3) is 0.474. The Morgan fingerprint density at radius 2 is 1.83 bits per heavy atom. The van der Waals surface area contributed by atoms with Crippen molar-refractivity contribution in [1.82, 2.24) is 9.97 Å². The fourth-order valence-electron chi connectivity index (χ4n) is 3.26. The number of rotatable bonds is 6. The van der Waals surface area contributed by atoms with Crippen LogP contribution in [-0.4, -0.2) is 41.4 Å². The first-order valence-corrected chi connectivity index (χ1v) is 8.59. The molecule has 0 bridgehead atoms. The van der Waals surface area contributed by atoms with Crippen LogP contribution in [0.25, 0.3) is 0 Å². The van der Waals surface area contributed by atoms with Gasteiger partial charge in [-0.15, -0.1) is 0 Å². The molecule has 1 aliphatic rings. The maximum Gasteiger partial charge on any atom is 0.225 e. The maximum atomic E-state index is 10.5. The van der Waals surface area contributed by atoms with Crippen LogP contribution < -0.4 is 9.64 Å². The van der Waals surface area contributed by atoms with Crippen molar-refractivity contribution in [3.8, 4) is 5.75 Å². The second kappa shape index (κ2) is 8.11. The van der Waals surface area contributed by atoms with E-state index in [0.29, 0.717) is 11.7 Å². The summed E-state index contributed by atoms with van der Waals surface area (Å²) in [5.41, 5.74) is 1.29. The van der Waals surface area contributed by atoms with E-state index < -0.39 is 0 Å². The Bertz CT molecular complexity index is 610. The highest BCUT2D eigenvalue weighted by molar-refractivity contribution is 5.32. The Hall–Kier alpha value is -2.14. The summed E-state index contributed by atoms with van der Waals surface area (Å²) >= 11 is 0. The van der Waals surface area contributed by atoms with Gasteiger partial charge in [0, 0.05) is 13.1 Å². The van der Waals surface area contributed by atoms with Crippen LogP contribution in [0.3, 0.4) is 0 Å². The molecule has 3 rings (SSSR count). The van der Waals surface area contributed by atoms with E-state index in [2.05, 4.69) is 39.1 Å². The highest BCUT2D eigenvalue weighted by Gasteiger charge is 2.26. The number of hydrogen-bond donors (Lipinski definition) is 1. The Labute approximate surface area is 143 Å². The van der Waals surface area contributed by atoms with Gasteiger partial charge in [0.1, 0.15) is 0 Å². The van der Waals surface area contributed by atoms with Gasteiger partial charge >= 0.3 is 0 Å². The van der Waals surface area contributed by atoms with Crippen molar-refractivity contribution in [2.75, 3.05) is 25.1 Å². The molecule has 0 amide bonds. The average molecular weight is 327 g/mol. The third kappa shape index (κ3) is 4.23. The first-order chi connectivity index (χ1) is 11.8. The van der Waals surface area contributed by atoms with Gasteiger partial charge in [-0.3, -0.25) is 0 Å². The number of aromatic nitrogens is 2. The van der Waals surface area contributed by atoms with E-state index >= 15 is 0 Å². The topological polar surface area (TPSA) is 58.5 Å². The quantitative estimate of drug-likeness (QED) is 0.884. The molecule has 1 aromatic carbocycles. The number of hydrogen-bond acceptors (Lipinski definition) is 5. The average Bonchev–Trinajstić information content (AvgIpc) is 2.67. The first kappa shape index (κ1) is 16.7. The summed E-state index contributed by atoms with van der Waals surface area (Å²) in [5.74, 6) is 1.78. The molecule has 5 nitrogen and oxygen atoms in total. The number of nitrogens with zero attached hydrogens (tertiary/aromatic N) is 3. The van der Waals surface area contributed by atoms with E-state index in [1.165, 1.54) is 5.56 Å². The second-order valence-corrected chi connectivity index (χ2v) is 6.34. The van der Waals surface area contributed by atoms with Crippen LogP contribution in [0, 0.1) is 5.92 Å². The van der Waals surface area contributed by atoms with E-state index in [4.69, 9.17) is 4.74 Å². The number of piperidine rings is 1. The zero-order valence-corrected chi connectivity index (χ0v) is 14.1. The lowest BCUT2D eigenvalue weighted by Gasteiger charge is -2.34. The van der Waals surface area contributed by atoms with Crippen LogP contribution in [-0.2, 0) is 6.42 Å². The Morgan fingerprint density at radius 1 is 1.17 bits per heavy atom. The normalized spacial score (nSPS) is 16.8. The van der Waals surface area contributed by atoms with Crippen molar-refractivity contribution in [1.29, 1.82) is 0 Å². The van der Waals surface area contributed by atoms with E-state index in [-0.39, 0.29) is 6.10 Å². The molecule has 0 radical (unpaired) electrons. The van der Waals surface area contributed by atoms with Crippen molar-refractivity contribution in [2.45, 2.75) is 31.8 Å². The smallest absolute Gasteiger partial charge is 0.225 e. The molecule has 0 aliphatic carbocycles. The highest BCUT2D eigenvalue weighted by Crippen LogP contribution is 2.25. The van der Waals surface area contributed by atoms with Gasteiger partial charge < -0.3 is 14.7 Å². The molecule has 0 saturated carbocycles. The molecule has 128 valence electrons. The SMILES string of the molecule is COc1cnc(N2CCC(C(O)CCc3ccccc3)CC2)nc1. The summed E-state index contributed by atoms with van der Waals surface area (Å²) in [5, 5.41) is 10.5. The highest BCUT2D eigenvalue weighted by atomic mass is 16.5. The van der Waals surface area contributed by atoms with Crippen LogP contribution in [0.2, 0.25) is 0 Å². The third-order valence-corrected chi connectivity index (χ3v) is 4.79. The Kier molecular flexibility index (Phi) is 5.64. The zero-order valence-electron chi connectivity index (χ0n) is 14.1. The summed E-state index contributed by atoms with van der Waals surface area (Å²) in [6, 6.07) is 10.4. The molecule has 1 fully saturated rings. The zero-order chi connectivity index (χ0) is 16.8. The van der Waals surface area contributed by atoms with Crippen molar-refractivity contribution in [3.63, 3.8) is 0 Å². The molecule has 2 heterocycles. The minimum absolute atomic E-state index is 0.232. The molecule has 1 N–H and O–H groups in total. The predicted molar refractivity (Wildman–Crippen MR) is 94.3 cm³/mol. The summed E-state index contributed by atoms with van der Waals surface area (Å²) in [6.07, 6.45) is 6.88. The number of aliphatic hydroxyl groups excluding tert-OH is 1. The lowest BCUT2D eigenvalue weighted by molar-refractivity contribution is 0.0848. The van der Waals surface area contributed by atoms with Gasteiger partial charge in [-0.2, -0.15) is 0 Å². The molecule has 1 atom stereocenters. The Morgan fingerprint density at radius 3 is 2.46 bits per heavy atom. The minimum Gasteiger partial charge on any atom is -0.494 e. The number of methoxy groups -OCH3 is 1. The maximum absolute atomic E-state index is 10.5. The minimum atomic E-state index is -0.232. The standard InChI is InChI=1S/C19H25N3O2/c1-24-17-13-20-19(21-14-17)22-11-9-16(10-12-22)18(23)8-7-15-5-3-2-4-6-15/h2-6,13-14,16,18,23H,7-12H2,1H3. The summed E-state index contributed by atoms with van der Waals surface area (Å²) in [4.78, 5) is 10.9. The van der Waals surface area contributed by atoms with Crippen LogP contribution in [0.4, 0.5) is 5.95 Å². The van der Waals surface area contributed by atoms with Crippen molar-refractivity contribution in [2.24, 2.45) is 5.92 Å². The first-order valence-electron chi connectivity index (χ1n) is 8.59.